The fraction of sp³-hybridized carbons (Fsp3) is 0.188. The SMILES string of the molecule is CS(=O)(=O)N(CCC(=O)Nc1cccc(F)c1)c1cccc(Cl)c1. The van der Waals surface area contributed by atoms with E-state index < -0.39 is 21.7 Å². The Labute approximate surface area is 145 Å². The first-order chi connectivity index (χ1) is 11.3. The minimum absolute atomic E-state index is 0.0552. The molecule has 0 saturated heterocycles. The quantitative estimate of drug-likeness (QED) is 0.848. The Bertz CT molecular complexity index is 843. The summed E-state index contributed by atoms with van der Waals surface area (Å²) in [6.07, 6.45) is 0.967. The van der Waals surface area contributed by atoms with Crippen LogP contribution >= 0.6 is 11.6 Å². The van der Waals surface area contributed by atoms with Gasteiger partial charge < -0.3 is 5.32 Å². The first kappa shape index (κ1) is 18.2. The first-order valence-corrected chi connectivity index (χ1v) is 9.27. The highest BCUT2D eigenvalue weighted by Crippen LogP contribution is 2.22. The number of amides is 1. The van der Waals surface area contributed by atoms with Crippen LogP contribution in [0.4, 0.5) is 15.8 Å². The molecule has 5 nitrogen and oxygen atoms in total. The van der Waals surface area contributed by atoms with Gasteiger partial charge in [0.2, 0.25) is 15.9 Å². The molecule has 0 aliphatic heterocycles. The van der Waals surface area contributed by atoms with Gasteiger partial charge in [0, 0.05) is 23.7 Å². The van der Waals surface area contributed by atoms with E-state index in [1.54, 1.807) is 24.3 Å². The number of nitrogens with zero attached hydrogens (tertiary/aromatic N) is 1. The van der Waals surface area contributed by atoms with Crippen molar-refractivity contribution in [1.82, 2.24) is 0 Å². The van der Waals surface area contributed by atoms with E-state index in [1.807, 2.05) is 0 Å². The van der Waals surface area contributed by atoms with Gasteiger partial charge in [-0.2, -0.15) is 0 Å². The third kappa shape index (κ3) is 5.21. The Balaban J connectivity index is 2.07. The first-order valence-electron chi connectivity index (χ1n) is 7.04. The van der Waals surface area contributed by atoms with E-state index in [9.17, 15) is 17.6 Å². The molecule has 2 rings (SSSR count). The zero-order valence-corrected chi connectivity index (χ0v) is 14.4. The molecule has 0 unspecified atom stereocenters. The number of sulfonamides is 1. The Morgan fingerprint density at radius 2 is 1.92 bits per heavy atom. The van der Waals surface area contributed by atoms with Crippen molar-refractivity contribution in [3.63, 3.8) is 0 Å². The lowest BCUT2D eigenvalue weighted by atomic mass is 10.3. The largest absolute Gasteiger partial charge is 0.326 e. The zero-order chi connectivity index (χ0) is 17.7. The third-order valence-corrected chi connectivity index (χ3v) is 4.58. The molecule has 0 spiro atoms. The molecule has 0 saturated carbocycles. The molecular weight excluding hydrogens is 355 g/mol. The molecule has 0 fully saturated rings. The van der Waals surface area contributed by atoms with Crippen LogP contribution in [0.2, 0.25) is 5.02 Å². The predicted molar refractivity (Wildman–Crippen MR) is 93.3 cm³/mol. The molecule has 2 aromatic rings. The fourth-order valence-corrected chi connectivity index (χ4v) is 3.21. The van der Waals surface area contributed by atoms with Crippen LogP contribution in [0.5, 0.6) is 0 Å². The highest BCUT2D eigenvalue weighted by atomic mass is 35.5. The number of carbonyl (C=O) groups excluding carboxylic acids is 1. The molecule has 0 aliphatic rings. The van der Waals surface area contributed by atoms with Crippen molar-refractivity contribution in [3.05, 3.63) is 59.4 Å². The molecule has 1 N–H and O–H groups in total. The number of carbonyl (C=O) groups is 1. The Morgan fingerprint density at radius 1 is 1.21 bits per heavy atom. The third-order valence-electron chi connectivity index (χ3n) is 3.15. The van der Waals surface area contributed by atoms with E-state index in [4.69, 9.17) is 11.6 Å². The minimum atomic E-state index is -3.58. The van der Waals surface area contributed by atoms with Gasteiger partial charge >= 0.3 is 0 Å². The fourth-order valence-electron chi connectivity index (χ4n) is 2.11. The summed E-state index contributed by atoms with van der Waals surface area (Å²) in [7, 11) is -3.58. The molecule has 0 heterocycles. The molecule has 1 amide bonds. The van der Waals surface area contributed by atoms with Gasteiger partial charge in [0.25, 0.3) is 0 Å². The zero-order valence-electron chi connectivity index (χ0n) is 12.9. The van der Waals surface area contributed by atoms with E-state index in [1.165, 1.54) is 24.3 Å². The number of benzene rings is 2. The minimum Gasteiger partial charge on any atom is -0.326 e. The summed E-state index contributed by atoms with van der Waals surface area (Å²) < 4.78 is 38.1. The van der Waals surface area contributed by atoms with Crippen molar-refractivity contribution in [2.24, 2.45) is 0 Å². The van der Waals surface area contributed by atoms with Crippen LogP contribution in [0, 0.1) is 5.82 Å². The molecule has 0 radical (unpaired) electrons. The molecular formula is C16H16ClFN2O3S. The summed E-state index contributed by atoms with van der Waals surface area (Å²) in [5, 5.41) is 2.92. The molecule has 8 heteroatoms. The van der Waals surface area contributed by atoms with E-state index in [-0.39, 0.29) is 13.0 Å². The van der Waals surface area contributed by atoms with Gasteiger partial charge in [0.05, 0.1) is 11.9 Å². The van der Waals surface area contributed by atoms with Gasteiger partial charge in [-0.05, 0) is 36.4 Å². The lowest BCUT2D eigenvalue weighted by Crippen LogP contribution is -2.33. The van der Waals surface area contributed by atoms with E-state index in [2.05, 4.69) is 5.32 Å². The van der Waals surface area contributed by atoms with Crippen LogP contribution in [-0.2, 0) is 14.8 Å². The lowest BCUT2D eigenvalue weighted by Gasteiger charge is -2.22. The summed E-state index contributed by atoms with van der Waals surface area (Å²) in [5.41, 5.74) is 0.692. The molecule has 24 heavy (non-hydrogen) atoms. The summed E-state index contributed by atoms with van der Waals surface area (Å²) in [6.45, 7) is -0.0552. The second-order valence-corrected chi connectivity index (χ2v) is 7.47. The van der Waals surface area contributed by atoms with Crippen molar-refractivity contribution in [3.8, 4) is 0 Å². The highest BCUT2D eigenvalue weighted by molar-refractivity contribution is 7.92. The van der Waals surface area contributed by atoms with Gasteiger partial charge in [-0.25, -0.2) is 12.8 Å². The number of rotatable bonds is 6. The van der Waals surface area contributed by atoms with Crippen LogP contribution in [-0.4, -0.2) is 27.1 Å². The monoisotopic (exact) mass is 370 g/mol. The smallest absolute Gasteiger partial charge is 0.232 e. The van der Waals surface area contributed by atoms with Gasteiger partial charge in [0.15, 0.2) is 0 Å². The van der Waals surface area contributed by atoms with Crippen molar-refractivity contribution in [1.29, 1.82) is 0 Å². The Morgan fingerprint density at radius 3 is 2.54 bits per heavy atom. The van der Waals surface area contributed by atoms with E-state index >= 15 is 0 Å². The van der Waals surface area contributed by atoms with Crippen molar-refractivity contribution in [2.45, 2.75) is 6.42 Å². The van der Waals surface area contributed by atoms with Crippen LogP contribution in [0.1, 0.15) is 6.42 Å². The summed E-state index contributed by atoms with van der Waals surface area (Å²) in [6, 6.07) is 11.8. The Kier molecular flexibility index (Phi) is 5.80. The van der Waals surface area contributed by atoms with Crippen LogP contribution in [0.25, 0.3) is 0 Å². The van der Waals surface area contributed by atoms with Crippen molar-refractivity contribution < 1.29 is 17.6 Å². The van der Waals surface area contributed by atoms with Gasteiger partial charge in [-0.3, -0.25) is 9.10 Å². The maximum absolute atomic E-state index is 13.1. The predicted octanol–water partition coefficient (Wildman–Crippen LogP) is 3.27. The lowest BCUT2D eigenvalue weighted by molar-refractivity contribution is -0.116. The number of halogens is 2. The Hall–Kier alpha value is -2.12. The maximum atomic E-state index is 13.1. The number of nitrogens with one attached hydrogen (secondary N) is 1. The van der Waals surface area contributed by atoms with Crippen molar-refractivity contribution in [2.75, 3.05) is 22.4 Å². The number of hydrogen-bond acceptors (Lipinski definition) is 3. The van der Waals surface area contributed by atoms with Crippen LogP contribution < -0.4 is 9.62 Å². The van der Waals surface area contributed by atoms with Gasteiger partial charge in [0.1, 0.15) is 5.82 Å². The molecule has 0 aromatic heterocycles. The molecule has 2 aromatic carbocycles. The van der Waals surface area contributed by atoms with E-state index in [0.29, 0.717) is 16.4 Å². The van der Waals surface area contributed by atoms with Crippen molar-refractivity contribution >= 4 is 38.9 Å². The maximum Gasteiger partial charge on any atom is 0.232 e. The molecule has 0 aliphatic carbocycles. The topological polar surface area (TPSA) is 66.5 Å². The number of anilines is 2. The molecule has 0 bridgehead atoms. The standard InChI is InChI=1S/C16H16ClFN2O3S/c1-24(22,23)20(15-7-2-4-12(17)10-15)9-8-16(21)19-14-6-3-5-13(18)11-14/h2-7,10-11H,8-9H2,1H3,(H,19,21). The average molecular weight is 371 g/mol. The van der Waals surface area contributed by atoms with Gasteiger partial charge in [-0.15, -0.1) is 0 Å². The second-order valence-electron chi connectivity index (χ2n) is 5.12. The highest BCUT2D eigenvalue weighted by Gasteiger charge is 2.19. The summed E-state index contributed by atoms with van der Waals surface area (Å²) >= 11 is 5.89. The van der Waals surface area contributed by atoms with Crippen LogP contribution in [0.3, 0.4) is 0 Å². The van der Waals surface area contributed by atoms with Gasteiger partial charge in [-0.1, -0.05) is 23.7 Å². The molecule has 128 valence electrons. The average Bonchev–Trinajstić information content (AvgIpc) is 2.46. The second kappa shape index (κ2) is 7.63. The molecule has 0 atom stereocenters. The number of hydrogen-bond donors (Lipinski definition) is 1. The van der Waals surface area contributed by atoms with Crippen LogP contribution in [0.15, 0.2) is 48.5 Å². The summed E-state index contributed by atoms with van der Waals surface area (Å²) in [5.74, 6) is -0.888. The summed E-state index contributed by atoms with van der Waals surface area (Å²) in [4.78, 5) is 12.0. The van der Waals surface area contributed by atoms with E-state index in [0.717, 1.165) is 10.6 Å². The normalized spacial score (nSPS) is 11.1.